The third-order valence-electron chi connectivity index (χ3n) is 5.99. The van der Waals surface area contributed by atoms with Crippen LogP contribution in [0.5, 0.6) is 0 Å². The van der Waals surface area contributed by atoms with Crippen LogP contribution in [0.3, 0.4) is 0 Å². The average molecular weight is 441 g/mol. The van der Waals surface area contributed by atoms with Crippen molar-refractivity contribution in [1.82, 2.24) is 19.7 Å². The molecule has 0 unspecified atom stereocenters. The molecule has 0 radical (unpaired) electrons. The molecule has 32 heavy (non-hydrogen) atoms. The Morgan fingerprint density at radius 2 is 1.84 bits per heavy atom. The van der Waals surface area contributed by atoms with Crippen LogP contribution < -0.4 is 5.32 Å². The molecule has 2 heterocycles. The molecule has 0 bridgehead atoms. The van der Waals surface area contributed by atoms with Crippen LogP contribution in [0.2, 0.25) is 0 Å². The van der Waals surface area contributed by atoms with E-state index in [1.165, 1.54) is 9.80 Å². The van der Waals surface area contributed by atoms with Crippen molar-refractivity contribution in [3.63, 3.8) is 0 Å². The number of carbonyl (C=O) groups is 3. The van der Waals surface area contributed by atoms with Gasteiger partial charge in [0, 0.05) is 27.7 Å². The number of nitrogens with one attached hydrogen (secondary N) is 1. The first-order valence-corrected chi connectivity index (χ1v) is 10.9. The number of rotatable bonds is 7. The van der Waals surface area contributed by atoms with Gasteiger partial charge in [0.25, 0.3) is 11.8 Å². The fraction of sp³-hybridized carbons (Fsp3) is 0.458. The molecule has 1 aliphatic heterocycles. The first-order valence-electron chi connectivity index (χ1n) is 10.9. The van der Waals surface area contributed by atoms with Crippen LogP contribution in [-0.4, -0.2) is 65.9 Å². The minimum absolute atomic E-state index is 0.136. The number of hydrogen-bond acceptors (Lipinski definition) is 4. The van der Waals surface area contributed by atoms with Crippen LogP contribution in [-0.2, 0) is 22.7 Å². The molecule has 0 saturated carbocycles. The van der Waals surface area contributed by atoms with E-state index in [2.05, 4.69) is 5.32 Å². The smallest absolute Gasteiger partial charge is 0.270 e. The first kappa shape index (κ1) is 23.5. The van der Waals surface area contributed by atoms with E-state index >= 15 is 0 Å². The van der Waals surface area contributed by atoms with Gasteiger partial charge in [-0.05, 0) is 25.0 Å². The largest absolute Gasteiger partial charge is 0.373 e. The van der Waals surface area contributed by atoms with Crippen molar-refractivity contribution >= 4 is 17.7 Å². The Bertz CT molecular complexity index is 983. The average Bonchev–Trinajstić information content (AvgIpc) is 3.20. The van der Waals surface area contributed by atoms with Crippen LogP contribution >= 0.6 is 0 Å². The molecule has 1 aromatic carbocycles. The Labute approximate surface area is 189 Å². The van der Waals surface area contributed by atoms with Crippen molar-refractivity contribution in [3.8, 4) is 0 Å². The highest BCUT2D eigenvalue weighted by atomic mass is 16.5. The number of aromatic nitrogens is 1. The molecule has 172 valence electrons. The minimum Gasteiger partial charge on any atom is -0.373 e. The zero-order valence-electron chi connectivity index (χ0n) is 19.4. The van der Waals surface area contributed by atoms with E-state index in [9.17, 15) is 14.4 Å². The molecule has 0 aliphatic carbocycles. The normalized spacial score (nSPS) is 14.8. The number of ether oxygens (including phenoxy) is 1. The number of fused-ring (bicyclic) bond motifs is 1. The third kappa shape index (κ3) is 4.70. The zero-order valence-corrected chi connectivity index (χ0v) is 19.4. The maximum atomic E-state index is 13.3. The highest BCUT2D eigenvalue weighted by Crippen LogP contribution is 2.24. The lowest BCUT2D eigenvalue weighted by atomic mass is 10.0. The quantitative estimate of drug-likeness (QED) is 0.717. The van der Waals surface area contributed by atoms with E-state index in [-0.39, 0.29) is 30.4 Å². The zero-order chi connectivity index (χ0) is 23.4. The summed E-state index contributed by atoms with van der Waals surface area (Å²) in [6.45, 7) is 4.91. The van der Waals surface area contributed by atoms with Crippen LogP contribution in [0.1, 0.15) is 58.4 Å². The molecule has 2 aromatic rings. The van der Waals surface area contributed by atoms with Crippen LogP contribution in [0.4, 0.5) is 0 Å². The summed E-state index contributed by atoms with van der Waals surface area (Å²) in [4.78, 5) is 41.7. The van der Waals surface area contributed by atoms with Gasteiger partial charge in [0.15, 0.2) is 0 Å². The molecular formula is C24H32N4O4. The SMILES string of the molecule is CC[C@@H](NC(=O)c1cc(C(=O)N(C)[C@@H](C)C(=O)N(C)C)n2c1COCC2)c1ccccc1. The van der Waals surface area contributed by atoms with Crippen molar-refractivity contribution in [2.24, 2.45) is 0 Å². The van der Waals surface area contributed by atoms with Gasteiger partial charge in [0.05, 0.1) is 30.5 Å². The summed E-state index contributed by atoms with van der Waals surface area (Å²) in [5, 5.41) is 3.09. The van der Waals surface area contributed by atoms with E-state index in [4.69, 9.17) is 4.74 Å². The predicted molar refractivity (Wildman–Crippen MR) is 121 cm³/mol. The molecule has 0 fully saturated rings. The van der Waals surface area contributed by atoms with Gasteiger partial charge >= 0.3 is 0 Å². The second-order valence-corrected chi connectivity index (χ2v) is 8.26. The second kappa shape index (κ2) is 9.99. The topological polar surface area (TPSA) is 83.9 Å². The Kier molecular flexibility index (Phi) is 7.35. The van der Waals surface area contributed by atoms with Crippen LogP contribution in [0.25, 0.3) is 0 Å². The molecule has 3 rings (SSSR count). The highest BCUT2D eigenvalue weighted by Gasteiger charge is 2.31. The summed E-state index contributed by atoms with van der Waals surface area (Å²) in [5.41, 5.74) is 2.53. The molecule has 0 spiro atoms. The van der Waals surface area contributed by atoms with Gasteiger partial charge in [0.2, 0.25) is 5.91 Å². The maximum absolute atomic E-state index is 13.3. The summed E-state index contributed by atoms with van der Waals surface area (Å²) in [5.74, 6) is -0.708. The van der Waals surface area contributed by atoms with E-state index in [0.717, 1.165) is 12.0 Å². The van der Waals surface area contributed by atoms with Crippen molar-refractivity contribution in [2.45, 2.75) is 45.5 Å². The second-order valence-electron chi connectivity index (χ2n) is 8.26. The summed E-state index contributed by atoms with van der Waals surface area (Å²) in [7, 11) is 4.93. The Morgan fingerprint density at radius 3 is 2.47 bits per heavy atom. The first-order chi connectivity index (χ1) is 15.3. The van der Waals surface area contributed by atoms with E-state index < -0.39 is 6.04 Å². The van der Waals surface area contributed by atoms with Gasteiger partial charge in [-0.1, -0.05) is 37.3 Å². The van der Waals surface area contributed by atoms with Crippen molar-refractivity contribution in [1.29, 1.82) is 0 Å². The molecule has 2 atom stereocenters. The minimum atomic E-state index is -0.622. The van der Waals surface area contributed by atoms with Crippen molar-refractivity contribution in [3.05, 3.63) is 58.9 Å². The van der Waals surface area contributed by atoms with Crippen LogP contribution in [0, 0.1) is 0 Å². The predicted octanol–water partition coefficient (Wildman–Crippen LogP) is 2.45. The molecule has 1 aromatic heterocycles. The number of carbonyl (C=O) groups excluding carboxylic acids is 3. The van der Waals surface area contributed by atoms with Gasteiger partial charge in [0.1, 0.15) is 11.7 Å². The number of amides is 3. The standard InChI is InChI=1S/C24H32N4O4/c1-6-19(17-10-8-7-9-11-17)25-22(29)18-14-20(28-12-13-32-15-21(18)28)24(31)27(5)16(2)23(30)26(3)4/h7-11,14,16,19H,6,12-13,15H2,1-5H3,(H,25,29)/t16-,19+/m0/s1. The van der Waals surface area contributed by atoms with E-state index in [0.29, 0.717) is 30.1 Å². The van der Waals surface area contributed by atoms with Gasteiger partial charge < -0.3 is 24.4 Å². The maximum Gasteiger partial charge on any atom is 0.270 e. The number of nitrogens with zero attached hydrogens (tertiary/aromatic N) is 3. The molecular weight excluding hydrogens is 408 g/mol. The summed E-state index contributed by atoms with van der Waals surface area (Å²) >= 11 is 0. The molecule has 8 heteroatoms. The number of likely N-dealkylation sites (N-methyl/N-ethyl adjacent to an activating group) is 2. The lowest BCUT2D eigenvalue weighted by Crippen LogP contribution is -2.46. The van der Waals surface area contributed by atoms with E-state index in [1.807, 2.05) is 41.8 Å². The van der Waals surface area contributed by atoms with Crippen LogP contribution in [0.15, 0.2) is 36.4 Å². The summed E-state index contributed by atoms with van der Waals surface area (Å²) in [6.07, 6.45) is 0.737. The highest BCUT2D eigenvalue weighted by molar-refractivity contribution is 6.01. The summed E-state index contributed by atoms with van der Waals surface area (Å²) in [6, 6.07) is 10.7. The van der Waals surface area contributed by atoms with Gasteiger partial charge in [-0.25, -0.2) is 0 Å². The third-order valence-corrected chi connectivity index (χ3v) is 5.99. The number of hydrogen-bond donors (Lipinski definition) is 1. The monoisotopic (exact) mass is 440 g/mol. The Hall–Kier alpha value is -3.13. The Balaban J connectivity index is 1.89. The lowest BCUT2D eigenvalue weighted by Gasteiger charge is -2.27. The molecule has 1 N–H and O–H groups in total. The van der Waals surface area contributed by atoms with Gasteiger partial charge in [-0.15, -0.1) is 0 Å². The molecule has 3 amide bonds. The molecule has 1 aliphatic rings. The van der Waals surface area contributed by atoms with Gasteiger partial charge in [-0.2, -0.15) is 0 Å². The fourth-order valence-electron chi connectivity index (χ4n) is 3.94. The summed E-state index contributed by atoms with van der Waals surface area (Å²) < 4.78 is 7.43. The van der Waals surface area contributed by atoms with Crippen molar-refractivity contribution in [2.75, 3.05) is 27.7 Å². The molecule has 0 saturated heterocycles. The Morgan fingerprint density at radius 1 is 1.16 bits per heavy atom. The number of benzene rings is 1. The van der Waals surface area contributed by atoms with Gasteiger partial charge in [-0.3, -0.25) is 14.4 Å². The van der Waals surface area contributed by atoms with Crippen molar-refractivity contribution < 1.29 is 19.1 Å². The lowest BCUT2D eigenvalue weighted by molar-refractivity contribution is -0.132. The fourth-order valence-corrected chi connectivity index (χ4v) is 3.94. The van der Waals surface area contributed by atoms with E-state index in [1.54, 1.807) is 34.1 Å². The molecule has 8 nitrogen and oxygen atoms in total.